The Balaban J connectivity index is 2.02. The first-order chi connectivity index (χ1) is 10.9. The Morgan fingerprint density at radius 1 is 1.22 bits per heavy atom. The molecule has 3 heterocycles. The molecule has 0 saturated heterocycles. The van der Waals surface area contributed by atoms with Gasteiger partial charge in [0.05, 0.1) is 17.4 Å². The van der Waals surface area contributed by atoms with Crippen LogP contribution in [0, 0.1) is 0 Å². The highest BCUT2D eigenvalue weighted by molar-refractivity contribution is 9.10. The summed E-state index contributed by atoms with van der Waals surface area (Å²) in [4.78, 5) is 21.3. The standard InChI is InChI=1S/C17H17BrN4O/c1-17(2,3)16-21-14(12-6-4-5-9-22(12)16)15(23)20-11-7-8-13(18)19-10-11/h4-10H,1-3H3,(H,20,23). The molecular weight excluding hydrogens is 356 g/mol. The van der Waals surface area contributed by atoms with E-state index in [4.69, 9.17) is 0 Å². The number of halogens is 1. The van der Waals surface area contributed by atoms with E-state index in [1.165, 1.54) is 0 Å². The minimum Gasteiger partial charge on any atom is -0.319 e. The lowest BCUT2D eigenvalue weighted by atomic mass is 9.96. The minimum atomic E-state index is -0.242. The van der Waals surface area contributed by atoms with Crippen molar-refractivity contribution in [2.45, 2.75) is 26.2 Å². The molecule has 0 spiro atoms. The third-order valence-electron chi connectivity index (χ3n) is 3.42. The van der Waals surface area contributed by atoms with Crippen molar-refractivity contribution in [3.05, 3.63) is 58.8 Å². The summed E-state index contributed by atoms with van der Waals surface area (Å²) >= 11 is 3.27. The van der Waals surface area contributed by atoms with Gasteiger partial charge >= 0.3 is 0 Å². The molecule has 0 aliphatic carbocycles. The molecule has 0 aliphatic heterocycles. The Kier molecular flexibility index (Phi) is 3.93. The number of hydrogen-bond donors (Lipinski definition) is 1. The number of carbonyl (C=O) groups is 1. The Morgan fingerprint density at radius 3 is 2.65 bits per heavy atom. The van der Waals surface area contributed by atoms with Crippen LogP contribution in [0.25, 0.3) is 5.52 Å². The average molecular weight is 373 g/mol. The Labute approximate surface area is 142 Å². The molecule has 0 bridgehead atoms. The topological polar surface area (TPSA) is 59.3 Å². The molecule has 1 amide bonds. The molecule has 0 fully saturated rings. The molecule has 5 nitrogen and oxygen atoms in total. The third kappa shape index (κ3) is 3.12. The monoisotopic (exact) mass is 372 g/mol. The molecule has 3 rings (SSSR count). The van der Waals surface area contributed by atoms with Gasteiger partial charge in [-0.15, -0.1) is 0 Å². The van der Waals surface area contributed by atoms with Crippen molar-refractivity contribution in [1.82, 2.24) is 14.4 Å². The fourth-order valence-corrected chi connectivity index (χ4v) is 2.61. The van der Waals surface area contributed by atoms with Crippen LogP contribution >= 0.6 is 15.9 Å². The van der Waals surface area contributed by atoms with Crippen LogP contribution in [0.5, 0.6) is 0 Å². The van der Waals surface area contributed by atoms with Crippen LogP contribution in [0.3, 0.4) is 0 Å². The lowest BCUT2D eigenvalue weighted by Crippen LogP contribution is -2.16. The van der Waals surface area contributed by atoms with E-state index in [-0.39, 0.29) is 11.3 Å². The predicted molar refractivity (Wildman–Crippen MR) is 93.8 cm³/mol. The smallest absolute Gasteiger partial charge is 0.276 e. The fraction of sp³-hybridized carbons (Fsp3) is 0.235. The first-order valence-electron chi connectivity index (χ1n) is 7.27. The first-order valence-corrected chi connectivity index (χ1v) is 8.06. The summed E-state index contributed by atoms with van der Waals surface area (Å²) in [5.74, 6) is 0.612. The van der Waals surface area contributed by atoms with E-state index in [2.05, 4.69) is 52.0 Å². The van der Waals surface area contributed by atoms with Crippen LogP contribution < -0.4 is 5.32 Å². The van der Waals surface area contributed by atoms with E-state index >= 15 is 0 Å². The highest BCUT2D eigenvalue weighted by atomic mass is 79.9. The molecule has 118 valence electrons. The maximum absolute atomic E-state index is 12.6. The van der Waals surface area contributed by atoms with Gasteiger partial charge in [-0.2, -0.15) is 0 Å². The van der Waals surface area contributed by atoms with Gasteiger partial charge < -0.3 is 9.72 Å². The second-order valence-electron chi connectivity index (χ2n) is 6.31. The summed E-state index contributed by atoms with van der Waals surface area (Å²) in [5.41, 5.74) is 1.67. The number of hydrogen-bond acceptors (Lipinski definition) is 3. The molecule has 0 radical (unpaired) electrons. The van der Waals surface area contributed by atoms with Crippen molar-refractivity contribution in [3.63, 3.8) is 0 Å². The molecule has 1 N–H and O–H groups in total. The number of fused-ring (bicyclic) bond motifs is 1. The summed E-state index contributed by atoms with van der Waals surface area (Å²) < 4.78 is 2.69. The number of nitrogens with zero attached hydrogens (tertiary/aromatic N) is 3. The number of carbonyl (C=O) groups excluding carboxylic acids is 1. The number of imidazole rings is 1. The van der Waals surface area contributed by atoms with E-state index in [0.29, 0.717) is 11.4 Å². The normalized spacial score (nSPS) is 11.7. The second-order valence-corrected chi connectivity index (χ2v) is 7.13. The SMILES string of the molecule is CC(C)(C)c1nc(C(=O)Nc2ccc(Br)nc2)c2ccccn12. The highest BCUT2D eigenvalue weighted by Gasteiger charge is 2.25. The van der Waals surface area contributed by atoms with Gasteiger partial charge in [-0.25, -0.2) is 9.97 Å². The van der Waals surface area contributed by atoms with Crippen molar-refractivity contribution in [2.75, 3.05) is 5.32 Å². The summed E-state index contributed by atoms with van der Waals surface area (Å²) in [7, 11) is 0. The number of amides is 1. The minimum absolute atomic E-state index is 0.165. The highest BCUT2D eigenvalue weighted by Crippen LogP contribution is 2.25. The zero-order chi connectivity index (χ0) is 16.6. The summed E-state index contributed by atoms with van der Waals surface area (Å²) in [6.45, 7) is 6.24. The molecule has 0 unspecified atom stereocenters. The number of nitrogens with one attached hydrogen (secondary N) is 1. The van der Waals surface area contributed by atoms with Crippen molar-refractivity contribution >= 4 is 33.0 Å². The molecule has 6 heteroatoms. The van der Waals surface area contributed by atoms with Gasteiger partial charge in [0.25, 0.3) is 5.91 Å². The molecule has 0 atom stereocenters. The van der Waals surface area contributed by atoms with Crippen molar-refractivity contribution in [1.29, 1.82) is 0 Å². The number of anilines is 1. The quantitative estimate of drug-likeness (QED) is 0.690. The molecule has 0 saturated carbocycles. The van der Waals surface area contributed by atoms with Crippen LogP contribution in [0.2, 0.25) is 0 Å². The third-order valence-corrected chi connectivity index (χ3v) is 3.89. The Hall–Kier alpha value is -2.21. The van der Waals surface area contributed by atoms with E-state index in [0.717, 1.165) is 15.9 Å². The molecular formula is C17H17BrN4O. The van der Waals surface area contributed by atoms with Gasteiger partial charge in [-0.05, 0) is 40.2 Å². The zero-order valence-electron chi connectivity index (χ0n) is 13.2. The van der Waals surface area contributed by atoms with Crippen LogP contribution in [0.15, 0.2) is 47.3 Å². The van der Waals surface area contributed by atoms with Gasteiger partial charge in [0, 0.05) is 11.6 Å². The molecule has 23 heavy (non-hydrogen) atoms. The lowest BCUT2D eigenvalue weighted by molar-refractivity contribution is 0.102. The number of rotatable bonds is 2. The van der Waals surface area contributed by atoms with E-state index in [9.17, 15) is 4.79 Å². The molecule has 0 aromatic carbocycles. The van der Waals surface area contributed by atoms with E-state index < -0.39 is 0 Å². The lowest BCUT2D eigenvalue weighted by Gasteiger charge is -2.16. The largest absolute Gasteiger partial charge is 0.319 e. The first kappa shape index (κ1) is 15.7. The van der Waals surface area contributed by atoms with Crippen LogP contribution in [-0.2, 0) is 5.41 Å². The van der Waals surface area contributed by atoms with Crippen molar-refractivity contribution in [3.8, 4) is 0 Å². The van der Waals surface area contributed by atoms with Crippen molar-refractivity contribution in [2.24, 2.45) is 0 Å². The molecule has 3 aromatic rings. The predicted octanol–water partition coefficient (Wildman–Crippen LogP) is 4.04. The summed E-state index contributed by atoms with van der Waals surface area (Å²) in [5, 5.41) is 2.84. The van der Waals surface area contributed by atoms with E-state index in [1.807, 2.05) is 28.8 Å². The van der Waals surface area contributed by atoms with Gasteiger partial charge in [-0.1, -0.05) is 26.8 Å². The molecule has 3 aromatic heterocycles. The number of aromatic nitrogens is 3. The zero-order valence-corrected chi connectivity index (χ0v) is 14.8. The average Bonchev–Trinajstić information content (AvgIpc) is 2.89. The Bertz CT molecular complexity index is 862. The van der Waals surface area contributed by atoms with Gasteiger partial charge in [0.2, 0.25) is 0 Å². The maximum atomic E-state index is 12.6. The summed E-state index contributed by atoms with van der Waals surface area (Å²) in [6.07, 6.45) is 3.53. The van der Waals surface area contributed by atoms with Crippen LogP contribution in [-0.4, -0.2) is 20.3 Å². The van der Waals surface area contributed by atoms with Crippen LogP contribution in [0.1, 0.15) is 37.1 Å². The van der Waals surface area contributed by atoms with Gasteiger partial charge in [0.15, 0.2) is 5.69 Å². The van der Waals surface area contributed by atoms with Gasteiger partial charge in [0.1, 0.15) is 10.4 Å². The fourth-order valence-electron chi connectivity index (χ4n) is 2.37. The second kappa shape index (κ2) is 5.77. The van der Waals surface area contributed by atoms with Crippen LogP contribution in [0.4, 0.5) is 5.69 Å². The maximum Gasteiger partial charge on any atom is 0.276 e. The summed E-state index contributed by atoms with van der Waals surface area (Å²) in [6, 6.07) is 9.31. The Morgan fingerprint density at radius 2 is 2.00 bits per heavy atom. The van der Waals surface area contributed by atoms with Crippen molar-refractivity contribution < 1.29 is 4.79 Å². The number of pyridine rings is 2. The van der Waals surface area contributed by atoms with Gasteiger partial charge in [-0.3, -0.25) is 4.79 Å². The van der Waals surface area contributed by atoms with E-state index in [1.54, 1.807) is 18.3 Å². The molecule has 0 aliphatic rings.